The summed E-state index contributed by atoms with van der Waals surface area (Å²) < 4.78 is 0. The Balaban J connectivity index is 2.17. The quantitative estimate of drug-likeness (QED) is 0.583. The number of hydrogen-bond donors (Lipinski definition) is 2. The second-order valence-corrected chi connectivity index (χ2v) is 4.52. The Hall–Kier alpha value is -1.42. The number of aromatic nitrogens is 1. The lowest BCUT2D eigenvalue weighted by molar-refractivity contribution is 0.326. The second-order valence-electron chi connectivity index (χ2n) is 4.52. The maximum absolute atomic E-state index is 6.11. The third kappa shape index (κ3) is 2.39. The van der Waals surface area contributed by atoms with Gasteiger partial charge in [0.05, 0.1) is 11.9 Å². The van der Waals surface area contributed by atoms with Gasteiger partial charge in [-0.15, -0.1) is 0 Å². The third-order valence-corrected chi connectivity index (χ3v) is 3.22. The molecule has 1 aliphatic heterocycles. The highest BCUT2D eigenvalue weighted by Gasteiger charge is 2.30. The molecule has 3 N–H and O–H groups in total. The van der Waals surface area contributed by atoms with E-state index in [0.717, 1.165) is 37.5 Å². The maximum Gasteiger partial charge on any atom is 0.106 e. The van der Waals surface area contributed by atoms with Crippen LogP contribution in [0.4, 0.5) is 5.69 Å². The zero-order chi connectivity index (χ0) is 11.4. The van der Waals surface area contributed by atoms with Gasteiger partial charge in [0, 0.05) is 11.6 Å². The van der Waals surface area contributed by atoms with Crippen LogP contribution in [0.5, 0.6) is 0 Å². The normalized spacial score (nSPS) is 20.7. The molecule has 16 heavy (non-hydrogen) atoms. The van der Waals surface area contributed by atoms with Gasteiger partial charge in [0.25, 0.3) is 0 Å². The number of pyridine rings is 1. The zero-order valence-electron chi connectivity index (χ0n) is 9.61. The molecule has 4 nitrogen and oxygen atoms in total. The van der Waals surface area contributed by atoms with Crippen LogP contribution in [0.3, 0.4) is 0 Å². The van der Waals surface area contributed by atoms with Crippen LogP contribution in [0.25, 0.3) is 0 Å². The fourth-order valence-corrected chi connectivity index (χ4v) is 1.93. The summed E-state index contributed by atoms with van der Waals surface area (Å²) in [4.78, 5) is 8.49. The summed E-state index contributed by atoms with van der Waals surface area (Å²) in [5.41, 5.74) is 6.97. The first kappa shape index (κ1) is 11.1. The molecule has 2 rings (SSSR count). The van der Waals surface area contributed by atoms with Gasteiger partial charge in [-0.3, -0.25) is 4.98 Å². The summed E-state index contributed by atoms with van der Waals surface area (Å²) in [6.07, 6.45) is 5.56. The SMILES string of the molecule is CC1(C(N)=Nc2cccnc2)CCNCC1. The van der Waals surface area contributed by atoms with E-state index in [4.69, 9.17) is 5.73 Å². The first-order valence-electron chi connectivity index (χ1n) is 5.66. The molecule has 0 aromatic carbocycles. The van der Waals surface area contributed by atoms with Gasteiger partial charge in [-0.25, -0.2) is 4.99 Å². The Morgan fingerprint density at radius 1 is 1.50 bits per heavy atom. The molecule has 0 aliphatic carbocycles. The number of piperidine rings is 1. The average molecular weight is 218 g/mol. The van der Waals surface area contributed by atoms with Crippen LogP contribution < -0.4 is 11.1 Å². The Labute approximate surface area is 96.0 Å². The summed E-state index contributed by atoms with van der Waals surface area (Å²) in [6.45, 7) is 4.21. The van der Waals surface area contributed by atoms with E-state index in [-0.39, 0.29) is 5.41 Å². The van der Waals surface area contributed by atoms with E-state index in [2.05, 4.69) is 22.2 Å². The van der Waals surface area contributed by atoms with Crippen molar-refractivity contribution in [3.05, 3.63) is 24.5 Å². The van der Waals surface area contributed by atoms with Crippen molar-refractivity contribution < 1.29 is 0 Å². The van der Waals surface area contributed by atoms with Crippen molar-refractivity contribution in [1.29, 1.82) is 0 Å². The van der Waals surface area contributed by atoms with Gasteiger partial charge >= 0.3 is 0 Å². The molecule has 0 amide bonds. The highest BCUT2D eigenvalue weighted by molar-refractivity contribution is 5.88. The number of aliphatic imine (C=N–C) groups is 1. The van der Waals surface area contributed by atoms with Gasteiger partial charge in [-0.05, 0) is 38.1 Å². The summed E-state index contributed by atoms with van der Waals surface area (Å²) in [7, 11) is 0. The second kappa shape index (κ2) is 4.61. The number of nitrogens with one attached hydrogen (secondary N) is 1. The Morgan fingerprint density at radius 2 is 2.25 bits per heavy atom. The lowest BCUT2D eigenvalue weighted by atomic mass is 9.80. The number of rotatable bonds is 2. The average Bonchev–Trinajstić information content (AvgIpc) is 2.31. The number of hydrogen-bond acceptors (Lipinski definition) is 3. The van der Waals surface area contributed by atoms with Crippen molar-refractivity contribution in [3.8, 4) is 0 Å². The zero-order valence-corrected chi connectivity index (χ0v) is 9.61. The van der Waals surface area contributed by atoms with Crippen molar-refractivity contribution >= 4 is 11.5 Å². The van der Waals surface area contributed by atoms with Crippen molar-refractivity contribution in [3.63, 3.8) is 0 Å². The topological polar surface area (TPSA) is 63.3 Å². The third-order valence-electron chi connectivity index (χ3n) is 3.22. The smallest absolute Gasteiger partial charge is 0.106 e. The van der Waals surface area contributed by atoms with Gasteiger partial charge in [0.2, 0.25) is 0 Å². The minimum Gasteiger partial charge on any atom is -0.387 e. The van der Waals surface area contributed by atoms with Crippen LogP contribution in [0, 0.1) is 5.41 Å². The van der Waals surface area contributed by atoms with E-state index >= 15 is 0 Å². The minimum absolute atomic E-state index is 0.0289. The Bertz CT molecular complexity index is 366. The van der Waals surface area contributed by atoms with Crippen molar-refractivity contribution in [2.75, 3.05) is 13.1 Å². The van der Waals surface area contributed by atoms with Crippen molar-refractivity contribution in [1.82, 2.24) is 10.3 Å². The molecule has 0 atom stereocenters. The van der Waals surface area contributed by atoms with Crippen LogP contribution in [0.1, 0.15) is 19.8 Å². The molecule has 2 heterocycles. The number of nitrogens with zero attached hydrogens (tertiary/aromatic N) is 2. The fraction of sp³-hybridized carbons (Fsp3) is 0.500. The Morgan fingerprint density at radius 3 is 2.88 bits per heavy atom. The number of nitrogens with two attached hydrogens (primary N) is 1. The van der Waals surface area contributed by atoms with E-state index in [0.29, 0.717) is 0 Å². The van der Waals surface area contributed by atoms with Crippen molar-refractivity contribution in [2.24, 2.45) is 16.1 Å². The molecule has 0 spiro atoms. The fourth-order valence-electron chi connectivity index (χ4n) is 1.93. The number of amidine groups is 1. The predicted octanol–water partition coefficient (Wildman–Crippen LogP) is 1.46. The first-order chi connectivity index (χ1) is 7.71. The molecule has 0 radical (unpaired) electrons. The predicted molar refractivity (Wildman–Crippen MR) is 65.7 cm³/mol. The highest BCUT2D eigenvalue weighted by Crippen LogP contribution is 2.29. The van der Waals surface area contributed by atoms with Gasteiger partial charge in [-0.1, -0.05) is 6.92 Å². The first-order valence-corrected chi connectivity index (χ1v) is 5.66. The van der Waals surface area contributed by atoms with E-state index in [1.807, 2.05) is 12.1 Å². The highest BCUT2D eigenvalue weighted by atomic mass is 14.9. The lowest BCUT2D eigenvalue weighted by Gasteiger charge is -2.33. The van der Waals surface area contributed by atoms with Crippen LogP contribution in [0.2, 0.25) is 0 Å². The van der Waals surface area contributed by atoms with Gasteiger partial charge in [0.1, 0.15) is 5.84 Å². The molecule has 4 heteroatoms. The molecule has 1 fully saturated rings. The molecule has 1 aromatic rings. The van der Waals surface area contributed by atoms with E-state index < -0.39 is 0 Å². The lowest BCUT2D eigenvalue weighted by Crippen LogP contribution is -2.43. The van der Waals surface area contributed by atoms with Crippen LogP contribution in [-0.2, 0) is 0 Å². The Kier molecular flexibility index (Phi) is 3.19. The van der Waals surface area contributed by atoms with E-state index in [1.165, 1.54) is 0 Å². The van der Waals surface area contributed by atoms with Crippen LogP contribution >= 0.6 is 0 Å². The standard InChI is InChI=1S/C12H18N4/c1-12(4-7-14-8-5-12)11(13)16-10-3-2-6-15-9-10/h2-3,6,9,14H,4-5,7-8H2,1H3,(H2,13,16). The molecule has 86 valence electrons. The van der Waals surface area contributed by atoms with E-state index in [9.17, 15) is 0 Å². The van der Waals surface area contributed by atoms with Gasteiger partial charge in [0.15, 0.2) is 0 Å². The van der Waals surface area contributed by atoms with Gasteiger partial charge < -0.3 is 11.1 Å². The molecular formula is C12H18N4. The monoisotopic (exact) mass is 218 g/mol. The maximum atomic E-state index is 6.11. The molecule has 1 saturated heterocycles. The van der Waals surface area contributed by atoms with E-state index in [1.54, 1.807) is 12.4 Å². The molecule has 1 aromatic heterocycles. The van der Waals surface area contributed by atoms with Crippen molar-refractivity contribution in [2.45, 2.75) is 19.8 Å². The molecule has 0 bridgehead atoms. The minimum atomic E-state index is 0.0289. The molecule has 0 unspecified atom stereocenters. The van der Waals surface area contributed by atoms with Gasteiger partial charge in [-0.2, -0.15) is 0 Å². The molecule has 0 saturated carbocycles. The van der Waals surface area contributed by atoms with Crippen LogP contribution in [0.15, 0.2) is 29.5 Å². The molecule has 1 aliphatic rings. The summed E-state index contributed by atoms with van der Waals surface area (Å²) in [5.74, 6) is 0.724. The van der Waals surface area contributed by atoms with Crippen LogP contribution in [-0.4, -0.2) is 23.9 Å². The summed E-state index contributed by atoms with van der Waals surface area (Å²) in [5, 5.41) is 3.34. The molecular weight excluding hydrogens is 200 g/mol. The summed E-state index contributed by atoms with van der Waals surface area (Å²) in [6, 6.07) is 3.79. The summed E-state index contributed by atoms with van der Waals surface area (Å²) >= 11 is 0. The largest absolute Gasteiger partial charge is 0.387 e.